The van der Waals surface area contributed by atoms with Gasteiger partial charge in [-0.15, -0.1) is 0 Å². The number of hydrogen-bond donors (Lipinski definition) is 0. The van der Waals surface area contributed by atoms with E-state index in [-0.39, 0.29) is 5.41 Å². The molecule has 0 unspecified atom stereocenters. The summed E-state index contributed by atoms with van der Waals surface area (Å²) in [5, 5.41) is 0. The second-order valence-electron chi connectivity index (χ2n) is 5.23. The average molecular weight is 234 g/mol. The van der Waals surface area contributed by atoms with Crippen molar-refractivity contribution in [3.05, 3.63) is 0 Å². The smallest absolute Gasteiger partial charge is 0.377 e. The zero-order valence-electron chi connectivity index (χ0n) is 11.2. The van der Waals surface area contributed by atoms with Crippen molar-refractivity contribution in [1.82, 2.24) is 0 Å². The summed E-state index contributed by atoms with van der Waals surface area (Å²) in [4.78, 5) is 0. The van der Waals surface area contributed by atoms with Crippen LogP contribution in [0.15, 0.2) is 0 Å². The Balaban J connectivity index is 4.51. The summed E-state index contributed by atoms with van der Waals surface area (Å²) in [7, 11) is 2.59. The van der Waals surface area contributed by atoms with Gasteiger partial charge < -0.3 is 13.3 Å². The highest BCUT2D eigenvalue weighted by Gasteiger charge is 2.43. The first-order valence-corrected chi connectivity index (χ1v) is 7.39. The van der Waals surface area contributed by atoms with Crippen LogP contribution in [-0.4, -0.2) is 30.1 Å². The lowest BCUT2D eigenvalue weighted by Gasteiger charge is -2.34. The van der Waals surface area contributed by atoms with Gasteiger partial charge in [0, 0.05) is 27.4 Å². The predicted octanol–water partition coefficient (Wildman–Crippen LogP) is 2.94. The standard InChI is InChI=1S/C11H26O3Si/c1-10(2)8-11(3,4)9-15(12-5,13-6)14-7/h10H,8-9H2,1-7H3. The van der Waals surface area contributed by atoms with Crippen molar-refractivity contribution in [2.45, 2.75) is 40.2 Å². The van der Waals surface area contributed by atoms with Gasteiger partial charge in [0.15, 0.2) is 0 Å². The normalized spacial score (nSPS) is 13.6. The van der Waals surface area contributed by atoms with Gasteiger partial charge in [-0.3, -0.25) is 0 Å². The van der Waals surface area contributed by atoms with Crippen molar-refractivity contribution in [3.63, 3.8) is 0 Å². The molecule has 0 spiro atoms. The van der Waals surface area contributed by atoms with Gasteiger partial charge >= 0.3 is 8.80 Å². The highest BCUT2D eigenvalue weighted by molar-refractivity contribution is 6.60. The lowest BCUT2D eigenvalue weighted by molar-refractivity contribution is 0.106. The second-order valence-corrected chi connectivity index (χ2v) is 8.18. The van der Waals surface area contributed by atoms with E-state index in [4.69, 9.17) is 13.3 Å². The van der Waals surface area contributed by atoms with Crippen LogP contribution in [0.25, 0.3) is 0 Å². The third-order valence-corrected chi connectivity index (χ3v) is 5.85. The van der Waals surface area contributed by atoms with Gasteiger partial charge in [0.2, 0.25) is 0 Å². The van der Waals surface area contributed by atoms with Gasteiger partial charge in [-0.2, -0.15) is 0 Å². The zero-order valence-corrected chi connectivity index (χ0v) is 12.2. The maximum absolute atomic E-state index is 5.45. The third-order valence-electron chi connectivity index (χ3n) is 2.59. The quantitative estimate of drug-likeness (QED) is 0.634. The summed E-state index contributed by atoms with van der Waals surface area (Å²) in [6, 6.07) is 0.863. The highest BCUT2D eigenvalue weighted by atomic mass is 28.4. The van der Waals surface area contributed by atoms with E-state index in [0.717, 1.165) is 12.5 Å². The zero-order chi connectivity index (χ0) is 12.1. The van der Waals surface area contributed by atoms with Crippen LogP contribution >= 0.6 is 0 Å². The topological polar surface area (TPSA) is 27.7 Å². The summed E-state index contributed by atoms with van der Waals surface area (Å²) >= 11 is 0. The van der Waals surface area contributed by atoms with Crippen molar-refractivity contribution >= 4 is 8.80 Å². The van der Waals surface area contributed by atoms with Crippen LogP contribution in [0.4, 0.5) is 0 Å². The van der Waals surface area contributed by atoms with Crippen LogP contribution in [0.3, 0.4) is 0 Å². The second kappa shape index (κ2) is 5.99. The molecule has 0 radical (unpaired) electrons. The first kappa shape index (κ1) is 15.1. The molecule has 0 aromatic heterocycles. The number of rotatable bonds is 7. The van der Waals surface area contributed by atoms with Crippen LogP contribution in [-0.2, 0) is 13.3 Å². The van der Waals surface area contributed by atoms with E-state index >= 15 is 0 Å². The molecule has 0 aromatic rings. The fourth-order valence-electron chi connectivity index (χ4n) is 2.23. The third kappa shape index (κ3) is 5.11. The van der Waals surface area contributed by atoms with Gasteiger partial charge in [0.25, 0.3) is 0 Å². The van der Waals surface area contributed by atoms with E-state index in [0.29, 0.717) is 5.92 Å². The minimum atomic E-state index is -2.42. The van der Waals surface area contributed by atoms with Crippen molar-refractivity contribution in [2.24, 2.45) is 11.3 Å². The summed E-state index contributed by atoms with van der Waals surface area (Å²) in [6.45, 7) is 8.95. The molecule has 0 aromatic carbocycles. The molecular weight excluding hydrogens is 208 g/mol. The molecule has 0 bridgehead atoms. The molecule has 0 aliphatic rings. The van der Waals surface area contributed by atoms with Crippen LogP contribution < -0.4 is 0 Å². The van der Waals surface area contributed by atoms with Crippen molar-refractivity contribution in [1.29, 1.82) is 0 Å². The Morgan fingerprint density at radius 2 is 1.40 bits per heavy atom. The minimum Gasteiger partial charge on any atom is -0.377 e. The molecule has 15 heavy (non-hydrogen) atoms. The fraction of sp³-hybridized carbons (Fsp3) is 1.00. The van der Waals surface area contributed by atoms with Gasteiger partial charge in [-0.1, -0.05) is 27.7 Å². The lowest BCUT2D eigenvalue weighted by Crippen LogP contribution is -2.46. The van der Waals surface area contributed by atoms with E-state index in [1.807, 2.05) is 0 Å². The summed E-state index contributed by atoms with van der Waals surface area (Å²) < 4.78 is 16.3. The molecule has 0 amide bonds. The van der Waals surface area contributed by atoms with Crippen LogP contribution in [0.2, 0.25) is 6.04 Å². The Labute approximate surface area is 95.5 Å². The fourth-order valence-corrected chi connectivity index (χ4v) is 4.48. The summed E-state index contributed by atoms with van der Waals surface area (Å²) in [5.74, 6) is 0.678. The molecule has 0 N–H and O–H groups in total. The van der Waals surface area contributed by atoms with Gasteiger partial charge in [-0.25, -0.2) is 0 Å². The Kier molecular flexibility index (Phi) is 6.03. The first-order valence-electron chi connectivity index (χ1n) is 5.46. The largest absolute Gasteiger partial charge is 0.500 e. The van der Waals surface area contributed by atoms with Gasteiger partial charge in [0.05, 0.1) is 0 Å². The van der Waals surface area contributed by atoms with E-state index in [1.165, 1.54) is 0 Å². The Bertz CT molecular complexity index is 168. The molecule has 0 atom stereocenters. The first-order chi connectivity index (χ1) is 6.81. The molecule has 0 aliphatic heterocycles. The van der Waals surface area contributed by atoms with Crippen molar-refractivity contribution in [2.75, 3.05) is 21.3 Å². The average Bonchev–Trinajstić information content (AvgIpc) is 2.12. The number of hydrogen-bond acceptors (Lipinski definition) is 3. The SMILES string of the molecule is CO[Si](CC(C)(C)CC(C)C)(OC)OC. The van der Waals surface area contributed by atoms with Crippen LogP contribution in [0.1, 0.15) is 34.1 Å². The molecule has 3 nitrogen and oxygen atoms in total. The van der Waals surface area contributed by atoms with E-state index in [1.54, 1.807) is 21.3 Å². The Hall–Kier alpha value is 0.0969. The van der Waals surface area contributed by atoms with Crippen LogP contribution in [0.5, 0.6) is 0 Å². The molecule has 0 saturated heterocycles. The van der Waals surface area contributed by atoms with Crippen LogP contribution in [0, 0.1) is 11.3 Å². The molecule has 0 fully saturated rings. The molecule has 4 heteroatoms. The molecule has 0 rings (SSSR count). The molecule has 0 aliphatic carbocycles. The summed E-state index contributed by atoms with van der Waals surface area (Å²) in [5.41, 5.74) is 0.197. The maximum Gasteiger partial charge on any atom is 0.500 e. The summed E-state index contributed by atoms with van der Waals surface area (Å²) in [6.07, 6.45) is 1.15. The highest BCUT2D eigenvalue weighted by Crippen LogP contribution is 2.35. The minimum absolute atomic E-state index is 0.197. The maximum atomic E-state index is 5.45. The molecule has 0 saturated carbocycles. The van der Waals surface area contributed by atoms with E-state index < -0.39 is 8.80 Å². The van der Waals surface area contributed by atoms with E-state index in [9.17, 15) is 0 Å². The van der Waals surface area contributed by atoms with Gasteiger partial charge in [-0.05, 0) is 17.8 Å². The van der Waals surface area contributed by atoms with E-state index in [2.05, 4.69) is 27.7 Å². The predicted molar refractivity (Wildman–Crippen MR) is 64.8 cm³/mol. The molecule has 0 heterocycles. The molecular formula is C11H26O3Si. The Morgan fingerprint density at radius 1 is 1.00 bits per heavy atom. The Morgan fingerprint density at radius 3 is 1.67 bits per heavy atom. The van der Waals surface area contributed by atoms with Crippen molar-refractivity contribution in [3.8, 4) is 0 Å². The monoisotopic (exact) mass is 234 g/mol. The van der Waals surface area contributed by atoms with Crippen molar-refractivity contribution < 1.29 is 13.3 Å². The van der Waals surface area contributed by atoms with Gasteiger partial charge in [0.1, 0.15) is 0 Å². The molecule has 92 valence electrons. The lowest BCUT2D eigenvalue weighted by atomic mass is 9.86.